The summed E-state index contributed by atoms with van der Waals surface area (Å²) in [4.78, 5) is 5.03. The van der Waals surface area contributed by atoms with Crippen LogP contribution in [0.15, 0.2) is 0 Å². The third-order valence-electron chi connectivity index (χ3n) is 4.03. The van der Waals surface area contributed by atoms with Gasteiger partial charge in [-0.1, -0.05) is 6.92 Å². The van der Waals surface area contributed by atoms with Gasteiger partial charge in [0.2, 0.25) is 0 Å². The second-order valence-corrected chi connectivity index (χ2v) is 6.02. The zero-order valence-electron chi connectivity index (χ0n) is 12.8. The number of ether oxygens (including phenoxy) is 1. The third kappa shape index (κ3) is 4.50. The predicted octanol–water partition coefficient (Wildman–Crippen LogP) is 1.03. The van der Waals surface area contributed by atoms with Gasteiger partial charge in [0.05, 0.1) is 6.61 Å². The molecule has 0 aromatic rings. The molecular formula is C14H31N3O. The largest absolute Gasteiger partial charge is 0.383 e. The molecule has 1 unspecified atom stereocenters. The van der Waals surface area contributed by atoms with Crippen molar-refractivity contribution in [3.05, 3.63) is 0 Å². The van der Waals surface area contributed by atoms with Gasteiger partial charge in [-0.05, 0) is 33.9 Å². The maximum absolute atomic E-state index is 5.39. The molecule has 0 bridgehead atoms. The Kier molecular flexibility index (Phi) is 6.57. The van der Waals surface area contributed by atoms with Crippen molar-refractivity contribution in [2.75, 3.05) is 53.5 Å². The Morgan fingerprint density at radius 1 is 1.33 bits per heavy atom. The van der Waals surface area contributed by atoms with E-state index in [0.717, 1.165) is 39.3 Å². The highest BCUT2D eigenvalue weighted by Gasteiger charge is 2.33. The minimum absolute atomic E-state index is 0.259. The number of rotatable bonds is 7. The molecule has 1 rings (SSSR count). The standard InChI is InChI=1S/C14H31N3O/c1-6-7-15-10-13(11-18-5)17-9-8-16(4)14(2,3)12-17/h13,15H,6-12H2,1-5H3. The smallest absolute Gasteiger partial charge is 0.0630 e. The van der Waals surface area contributed by atoms with Crippen molar-refractivity contribution in [2.45, 2.75) is 38.8 Å². The molecule has 4 nitrogen and oxygen atoms in total. The van der Waals surface area contributed by atoms with Crippen LogP contribution in [0.5, 0.6) is 0 Å². The van der Waals surface area contributed by atoms with E-state index in [1.807, 2.05) is 0 Å². The number of nitrogens with zero attached hydrogens (tertiary/aromatic N) is 2. The molecule has 1 aliphatic heterocycles. The number of methoxy groups -OCH3 is 1. The number of hydrogen-bond donors (Lipinski definition) is 1. The summed E-state index contributed by atoms with van der Waals surface area (Å²) in [6, 6.07) is 0.495. The lowest BCUT2D eigenvalue weighted by molar-refractivity contribution is -0.00395. The summed E-state index contributed by atoms with van der Waals surface area (Å²) in [6.07, 6.45) is 1.19. The van der Waals surface area contributed by atoms with Gasteiger partial charge in [0.1, 0.15) is 0 Å². The fourth-order valence-electron chi connectivity index (χ4n) is 2.52. The zero-order chi connectivity index (χ0) is 13.6. The van der Waals surface area contributed by atoms with E-state index in [2.05, 4.69) is 42.9 Å². The molecule has 1 aliphatic rings. The Labute approximate surface area is 113 Å². The van der Waals surface area contributed by atoms with Crippen LogP contribution in [-0.4, -0.2) is 74.9 Å². The summed E-state index contributed by atoms with van der Waals surface area (Å²) in [5.74, 6) is 0. The SMILES string of the molecule is CCCNCC(COC)N1CCN(C)C(C)(C)C1. The first-order chi connectivity index (χ1) is 8.51. The number of piperazine rings is 1. The van der Waals surface area contributed by atoms with E-state index in [1.54, 1.807) is 7.11 Å². The van der Waals surface area contributed by atoms with Gasteiger partial charge in [-0.2, -0.15) is 0 Å². The van der Waals surface area contributed by atoms with Gasteiger partial charge in [-0.25, -0.2) is 0 Å². The van der Waals surface area contributed by atoms with Crippen LogP contribution in [0, 0.1) is 0 Å². The molecule has 0 aliphatic carbocycles. The highest BCUT2D eigenvalue weighted by atomic mass is 16.5. The average molecular weight is 257 g/mol. The number of nitrogens with one attached hydrogen (secondary N) is 1. The van der Waals surface area contributed by atoms with Crippen molar-refractivity contribution in [2.24, 2.45) is 0 Å². The van der Waals surface area contributed by atoms with Crippen LogP contribution in [0.3, 0.4) is 0 Å². The van der Waals surface area contributed by atoms with Gasteiger partial charge < -0.3 is 10.1 Å². The third-order valence-corrected chi connectivity index (χ3v) is 4.03. The van der Waals surface area contributed by atoms with Crippen molar-refractivity contribution in [1.29, 1.82) is 0 Å². The molecular weight excluding hydrogens is 226 g/mol. The average Bonchev–Trinajstić information content (AvgIpc) is 2.32. The van der Waals surface area contributed by atoms with Crippen LogP contribution >= 0.6 is 0 Å². The quantitative estimate of drug-likeness (QED) is 0.689. The van der Waals surface area contributed by atoms with Gasteiger partial charge in [0, 0.05) is 44.9 Å². The molecule has 1 N–H and O–H groups in total. The normalized spacial score (nSPS) is 23.2. The lowest BCUT2D eigenvalue weighted by Crippen LogP contribution is -2.61. The summed E-state index contributed by atoms with van der Waals surface area (Å²) in [7, 11) is 4.02. The summed E-state index contributed by atoms with van der Waals surface area (Å²) in [6.45, 7) is 13.2. The molecule has 1 saturated heterocycles. The van der Waals surface area contributed by atoms with Gasteiger partial charge in [0.25, 0.3) is 0 Å². The van der Waals surface area contributed by atoms with Crippen molar-refractivity contribution < 1.29 is 4.74 Å². The van der Waals surface area contributed by atoms with Crippen LogP contribution in [0.4, 0.5) is 0 Å². The topological polar surface area (TPSA) is 27.7 Å². The summed E-state index contributed by atoms with van der Waals surface area (Å²) in [5.41, 5.74) is 0.259. The molecule has 0 aromatic carbocycles. The highest BCUT2D eigenvalue weighted by molar-refractivity contribution is 4.91. The van der Waals surface area contributed by atoms with Crippen LogP contribution in [-0.2, 0) is 4.74 Å². The van der Waals surface area contributed by atoms with Crippen LogP contribution < -0.4 is 5.32 Å². The minimum atomic E-state index is 0.259. The van der Waals surface area contributed by atoms with Crippen LogP contribution in [0.2, 0.25) is 0 Å². The first-order valence-corrected chi connectivity index (χ1v) is 7.16. The molecule has 1 fully saturated rings. The molecule has 0 aromatic heterocycles. The monoisotopic (exact) mass is 257 g/mol. The zero-order valence-corrected chi connectivity index (χ0v) is 12.8. The van der Waals surface area contributed by atoms with Gasteiger partial charge in [0.15, 0.2) is 0 Å². The molecule has 0 amide bonds. The Morgan fingerprint density at radius 3 is 2.61 bits per heavy atom. The fraction of sp³-hybridized carbons (Fsp3) is 1.00. The van der Waals surface area contributed by atoms with E-state index in [1.165, 1.54) is 6.42 Å². The Balaban J connectivity index is 2.51. The molecule has 1 atom stereocenters. The second kappa shape index (κ2) is 7.43. The second-order valence-electron chi connectivity index (χ2n) is 6.02. The van der Waals surface area contributed by atoms with Gasteiger partial charge >= 0.3 is 0 Å². The molecule has 0 saturated carbocycles. The molecule has 18 heavy (non-hydrogen) atoms. The molecule has 108 valence electrons. The lowest BCUT2D eigenvalue weighted by Gasteiger charge is -2.48. The first-order valence-electron chi connectivity index (χ1n) is 7.16. The van der Waals surface area contributed by atoms with E-state index < -0.39 is 0 Å². The summed E-state index contributed by atoms with van der Waals surface area (Å²) < 4.78 is 5.39. The Bertz CT molecular complexity index is 233. The van der Waals surface area contributed by atoms with Crippen molar-refractivity contribution in [3.63, 3.8) is 0 Å². The Morgan fingerprint density at radius 2 is 2.06 bits per heavy atom. The molecule has 1 heterocycles. The van der Waals surface area contributed by atoms with Crippen LogP contribution in [0.1, 0.15) is 27.2 Å². The van der Waals surface area contributed by atoms with E-state index in [4.69, 9.17) is 4.74 Å². The van der Waals surface area contributed by atoms with Crippen molar-refractivity contribution in [1.82, 2.24) is 15.1 Å². The van der Waals surface area contributed by atoms with E-state index in [9.17, 15) is 0 Å². The first kappa shape index (κ1) is 15.9. The summed E-state index contributed by atoms with van der Waals surface area (Å²) in [5, 5.41) is 3.52. The Hall–Kier alpha value is -0.160. The van der Waals surface area contributed by atoms with E-state index >= 15 is 0 Å². The summed E-state index contributed by atoms with van der Waals surface area (Å²) >= 11 is 0. The maximum atomic E-state index is 5.39. The van der Waals surface area contributed by atoms with E-state index in [-0.39, 0.29) is 5.54 Å². The number of hydrogen-bond acceptors (Lipinski definition) is 4. The molecule has 0 radical (unpaired) electrons. The van der Waals surface area contributed by atoms with Crippen molar-refractivity contribution in [3.8, 4) is 0 Å². The highest BCUT2D eigenvalue weighted by Crippen LogP contribution is 2.20. The van der Waals surface area contributed by atoms with Crippen molar-refractivity contribution >= 4 is 0 Å². The number of likely N-dealkylation sites (N-methyl/N-ethyl adjacent to an activating group) is 1. The van der Waals surface area contributed by atoms with Gasteiger partial charge in [-0.3, -0.25) is 9.80 Å². The molecule has 4 heteroatoms. The van der Waals surface area contributed by atoms with Gasteiger partial charge in [-0.15, -0.1) is 0 Å². The fourth-order valence-corrected chi connectivity index (χ4v) is 2.52. The maximum Gasteiger partial charge on any atom is 0.0630 e. The van der Waals surface area contributed by atoms with E-state index in [0.29, 0.717) is 6.04 Å². The van der Waals surface area contributed by atoms with Crippen LogP contribution in [0.25, 0.3) is 0 Å². The minimum Gasteiger partial charge on any atom is -0.383 e. The lowest BCUT2D eigenvalue weighted by atomic mass is 9.98. The molecule has 0 spiro atoms. The predicted molar refractivity (Wildman–Crippen MR) is 77.1 cm³/mol.